The van der Waals surface area contributed by atoms with Crippen molar-refractivity contribution in [1.29, 1.82) is 0 Å². The maximum absolute atomic E-state index is 12.0. The molecule has 8 heteroatoms. The zero-order chi connectivity index (χ0) is 14.5. The van der Waals surface area contributed by atoms with E-state index in [2.05, 4.69) is 20.3 Å². The van der Waals surface area contributed by atoms with Crippen molar-refractivity contribution in [2.75, 3.05) is 5.73 Å². The van der Waals surface area contributed by atoms with Gasteiger partial charge in [0.15, 0.2) is 5.69 Å². The first-order valence-corrected chi connectivity index (χ1v) is 5.79. The molecule has 8 nitrogen and oxygen atoms in total. The fourth-order valence-electron chi connectivity index (χ4n) is 1.65. The zero-order valence-electron chi connectivity index (χ0n) is 10.4. The van der Waals surface area contributed by atoms with Gasteiger partial charge in [0.2, 0.25) is 0 Å². The summed E-state index contributed by atoms with van der Waals surface area (Å²) < 4.78 is 0. The average Bonchev–Trinajstić information content (AvgIpc) is 2.91. The van der Waals surface area contributed by atoms with E-state index in [1.54, 1.807) is 6.07 Å². The third kappa shape index (κ3) is 3.10. The minimum absolute atomic E-state index is 0.00311. The Labute approximate surface area is 114 Å². The summed E-state index contributed by atoms with van der Waals surface area (Å²) in [5.74, 6) is -1.78. The van der Waals surface area contributed by atoms with E-state index in [4.69, 9.17) is 10.8 Å². The summed E-state index contributed by atoms with van der Waals surface area (Å²) in [7, 11) is 0. The van der Waals surface area contributed by atoms with Gasteiger partial charge < -0.3 is 21.1 Å². The molecule has 0 aliphatic carbocycles. The van der Waals surface area contributed by atoms with Crippen LogP contribution in [-0.2, 0) is 11.2 Å². The highest BCUT2D eigenvalue weighted by Crippen LogP contribution is 2.07. The van der Waals surface area contributed by atoms with Crippen LogP contribution in [0.25, 0.3) is 0 Å². The first-order chi connectivity index (χ1) is 9.58. The highest BCUT2D eigenvalue weighted by molar-refractivity contribution is 5.98. The molecule has 2 rings (SSSR count). The summed E-state index contributed by atoms with van der Waals surface area (Å²) in [4.78, 5) is 33.6. The topological polar surface area (TPSA) is 134 Å². The van der Waals surface area contributed by atoms with Gasteiger partial charge in [-0.25, -0.2) is 14.8 Å². The summed E-state index contributed by atoms with van der Waals surface area (Å²) in [6.45, 7) is 0. The van der Waals surface area contributed by atoms with E-state index >= 15 is 0 Å². The summed E-state index contributed by atoms with van der Waals surface area (Å²) in [6, 6.07) is 2.02. The minimum Gasteiger partial charge on any atom is -0.480 e. The second-order valence-corrected chi connectivity index (χ2v) is 4.09. The highest BCUT2D eigenvalue weighted by Gasteiger charge is 2.23. The number of nitrogens with two attached hydrogens (primary N) is 1. The lowest BCUT2D eigenvalue weighted by atomic mass is 10.1. The molecule has 0 saturated heterocycles. The molecule has 0 radical (unpaired) electrons. The van der Waals surface area contributed by atoms with Crippen molar-refractivity contribution >= 4 is 17.6 Å². The van der Waals surface area contributed by atoms with Crippen LogP contribution >= 0.6 is 0 Å². The second-order valence-electron chi connectivity index (χ2n) is 4.09. The maximum atomic E-state index is 12.0. The average molecular weight is 275 g/mol. The maximum Gasteiger partial charge on any atom is 0.326 e. The number of carboxylic acids is 1. The van der Waals surface area contributed by atoms with Crippen molar-refractivity contribution < 1.29 is 14.7 Å². The van der Waals surface area contributed by atoms with Gasteiger partial charge in [-0.05, 0) is 12.1 Å². The molecule has 0 aliphatic heterocycles. The number of hydrogen-bond acceptors (Lipinski definition) is 5. The number of nitrogens with zero attached hydrogens (tertiary/aromatic N) is 2. The number of H-pyrrole nitrogens is 1. The van der Waals surface area contributed by atoms with E-state index in [0.29, 0.717) is 5.69 Å². The van der Waals surface area contributed by atoms with E-state index in [0.717, 1.165) is 0 Å². The molecule has 2 heterocycles. The standard InChI is InChI=1S/C12H13N5O3/c13-8-2-1-3-15-10(8)11(18)17-9(12(19)20)4-7-5-14-6-16-7/h1-3,5-6,9H,4,13H2,(H,14,16)(H,17,18)(H,19,20)/t9-/m1/s1. The fourth-order valence-corrected chi connectivity index (χ4v) is 1.65. The molecule has 0 fully saturated rings. The van der Waals surface area contributed by atoms with E-state index in [9.17, 15) is 9.59 Å². The molecule has 2 aromatic rings. The Bertz CT molecular complexity index is 611. The Hall–Kier alpha value is -2.90. The van der Waals surface area contributed by atoms with Crippen molar-refractivity contribution in [1.82, 2.24) is 20.3 Å². The van der Waals surface area contributed by atoms with Crippen molar-refractivity contribution in [3.8, 4) is 0 Å². The normalized spacial score (nSPS) is 11.8. The Morgan fingerprint density at radius 3 is 2.90 bits per heavy atom. The first-order valence-electron chi connectivity index (χ1n) is 5.79. The van der Waals surface area contributed by atoms with Crippen molar-refractivity contribution in [2.24, 2.45) is 0 Å². The van der Waals surface area contributed by atoms with Crippen LogP contribution in [0, 0.1) is 0 Å². The number of aliphatic carboxylic acids is 1. The van der Waals surface area contributed by atoms with E-state index < -0.39 is 17.9 Å². The number of aromatic amines is 1. The van der Waals surface area contributed by atoms with E-state index in [1.165, 1.54) is 24.8 Å². The van der Waals surface area contributed by atoms with Gasteiger partial charge in [0.1, 0.15) is 6.04 Å². The SMILES string of the molecule is Nc1cccnc1C(=O)N[C@H](Cc1cnc[nH]1)C(=O)O. The Morgan fingerprint density at radius 1 is 1.50 bits per heavy atom. The Kier molecular flexibility index (Phi) is 3.94. The summed E-state index contributed by atoms with van der Waals surface area (Å²) in [5, 5.41) is 11.5. The summed E-state index contributed by atoms with van der Waals surface area (Å²) in [6.07, 6.45) is 4.44. The number of aromatic nitrogens is 3. The first kappa shape index (κ1) is 13.5. The predicted molar refractivity (Wildman–Crippen MR) is 69.8 cm³/mol. The van der Waals surface area contributed by atoms with Crippen LogP contribution in [0.3, 0.4) is 0 Å². The van der Waals surface area contributed by atoms with Gasteiger partial charge in [0, 0.05) is 24.5 Å². The Morgan fingerprint density at radius 2 is 2.30 bits per heavy atom. The smallest absolute Gasteiger partial charge is 0.326 e. The lowest BCUT2D eigenvalue weighted by Gasteiger charge is -2.13. The summed E-state index contributed by atoms with van der Waals surface area (Å²) in [5.41, 5.74) is 6.42. The van der Waals surface area contributed by atoms with Crippen LogP contribution in [-0.4, -0.2) is 38.0 Å². The molecule has 5 N–H and O–H groups in total. The molecule has 1 atom stereocenters. The molecule has 0 bridgehead atoms. The molecule has 0 saturated carbocycles. The number of imidazole rings is 1. The van der Waals surface area contributed by atoms with Crippen LogP contribution in [0.5, 0.6) is 0 Å². The van der Waals surface area contributed by atoms with Crippen LogP contribution in [0.15, 0.2) is 30.9 Å². The number of amides is 1. The molecule has 0 aromatic carbocycles. The molecule has 1 amide bonds. The van der Waals surface area contributed by atoms with Crippen molar-refractivity contribution in [2.45, 2.75) is 12.5 Å². The van der Waals surface area contributed by atoms with Gasteiger partial charge in [0.05, 0.1) is 12.0 Å². The number of hydrogen-bond donors (Lipinski definition) is 4. The number of carbonyl (C=O) groups excluding carboxylic acids is 1. The fraction of sp³-hybridized carbons (Fsp3) is 0.167. The van der Waals surface area contributed by atoms with Gasteiger partial charge in [-0.3, -0.25) is 4.79 Å². The van der Waals surface area contributed by atoms with Gasteiger partial charge in [0.25, 0.3) is 5.91 Å². The molecular weight excluding hydrogens is 262 g/mol. The molecular formula is C12H13N5O3. The monoisotopic (exact) mass is 275 g/mol. The lowest BCUT2D eigenvalue weighted by Crippen LogP contribution is -2.42. The summed E-state index contributed by atoms with van der Waals surface area (Å²) >= 11 is 0. The largest absolute Gasteiger partial charge is 0.480 e. The van der Waals surface area contributed by atoms with Crippen molar-refractivity contribution in [3.05, 3.63) is 42.2 Å². The Balaban J connectivity index is 2.10. The van der Waals surface area contributed by atoms with Crippen LogP contribution in [0.1, 0.15) is 16.2 Å². The van der Waals surface area contributed by atoms with Crippen LogP contribution in [0.2, 0.25) is 0 Å². The van der Waals surface area contributed by atoms with E-state index in [-0.39, 0.29) is 17.8 Å². The third-order valence-electron chi connectivity index (χ3n) is 2.64. The number of nitrogens with one attached hydrogen (secondary N) is 2. The lowest BCUT2D eigenvalue weighted by molar-refractivity contribution is -0.139. The molecule has 0 unspecified atom stereocenters. The highest BCUT2D eigenvalue weighted by atomic mass is 16.4. The van der Waals surface area contributed by atoms with E-state index in [1.807, 2.05) is 0 Å². The zero-order valence-corrected chi connectivity index (χ0v) is 10.4. The molecule has 0 spiro atoms. The molecule has 2 aromatic heterocycles. The third-order valence-corrected chi connectivity index (χ3v) is 2.64. The molecule has 0 aliphatic rings. The van der Waals surface area contributed by atoms with Gasteiger partial charge >= 0.3 is 5.97 Å². The number of nitrogen functional groups attached to an aromatic ring is 1. The number of carboxylic acid groups (broad SMARTS) is 1. The predicted octanol–water partition coefficient (Wildman–Crippen LogP) is -0.187. The molecule has 20 heavy (non-hydrogen) atoms. The van der Waals surface area contributed by atoms with Crippen LogP contribution < -0.4 is 11.1 Å². The quantitative estimate of drug-likeness (QED) is 0.597. The van der Waals surface area contributed by atoms with Gasteiger partial charge in [-0.1, -0.05) is 0 Å². The van der Waals surface area contributed by atoms with Crippen molar-refractivity contribution in [3.63, 3.8) is 0 Å². The number of pyridine rings is 1. The number of carbonyl (C=O) groups is 2. The number of rotatable bonds is 5. The van der Waals surface area contributed by atoms with Gasteiger partial charge in [-0.15, -0.1) is 0 Å². The van der Waals surface area contributed by atoms with Gasteiger partial charge in [-0.2, -0.15) is 0 Å². The molecule has 104 valence electrons. The minimum atomic E-state index is -1.15. The number of anilines is 1. The van der Waals surface area contributed by atoms with Crippen LogP contribution in [0.4, 0.5) is 5.69 Å². The second kappa shape index (κ2) is 5.83.